The molecule has 0 spiro atoms. The second-order valence-corrected chi connectivity index (χ2v) is 7.05. The SMILES string of the molecule is O=C(O)CC1Oc2ccccc2N(Cc2nc3c(F)cc(F)cc3s2)C1=O. The van der Waals surface area contributed by atoms with Crippen molar-refractivity contribution < 1.29 is 28.2 Å². The van der Waals surface area contributed by atoms with Crippen LogP contribution in [-0.2, 0) is 16.1 Å². The zero-order valence-corrected chi connectivity index (χ0v) is 14.5. The predicted molar refractivity (Wildman–Crippen MR) is 93.8 cm³/mol. The van der Waals surface area contributed by atoms with Crippen LogP contribution in [0.2, 0.25) is 0 Å². The molecule has 2 heterocycles. The predicted octanol–water partition coefficient (Wildman–Crippen LogP) is 3.34. The van der Waals surface area contributed by atoms with Crippen molar-refractivity contribution in [3.05, 3.63) is 53.0 Å². The topological polar surface area (TPSA) is 79.7 Å². The van der Waals surface area contributed by atoms with Crippen LogP contribution in [0.1, 0.15) is 11.4 Å². The molecule has 1 atom stereocenters. The molecule has 3 aromatic rings. The molecule has 0 saturated carbocycles. The van der Waals surface area contributed by atoms with E-state index < -0.39 is 36.0 Å². The van der Waals surface area contributed by atoms with Gasteiger partial charge in [0.15, 0.2) is 11.9 Å². The van der Waals surface area contributed by atoms with E-state index in [1.165, 1.54) is 11.0 Å². The van der Waals surface area contributed by atoms with E-state index in [9.17, 15) is 18.4 Å². The third-order valence-corrected chi connectivity index (χ3v) is 5.06. The third kappa shape index (κ3) is 3.21. The Morgan fingerprint density at radius 1 is 1.30 bits per heavy atom. The highest BCUT2D eigenvalue weighted by Crippen LogP contribution is 2.36. The van der Waals surface area contributed by atoms with Gasteiger partial charge in [0, 0.05) is 6.07 Å². The molecule has 1 amide bonds. The summed E-state index contributed by atoms with van der Waals surface area (Å²) in [5.74, 6) is -2.79. The van der Waals surface area contributed by atoms with E-state index in [-0.39, 0.29) is 12.1 Å². The minimum atomic E-state index is -1.17. The molecule has 138 valence electrons. The van der Waals surface area contributed by atoms with Crippen molar-refractivity contribution in [3.8, 4) is 5.75 Å². The molecular formula is C18H12F2N2O4S. The summed E-state index contributed by atoms with van der Waals surface area (Å²) in [7, 11) is 0. The first-order valence-electron chi connectivity index (χ1n) is 7.95. The van der Waals surface area contributed by atoms with Crippen molar-refractivity contribution in [3.63, 3.8) is 0 Å². The van der Waals surface area contributed by atoms with E-state index >= 15 is 0 Å². The lowest BCUT2D eigenvalue weighted by Crippen LogP contribution is -2.46. The van der Waals surface area contributed by atoms with E-state index in [2.05, 4.69) is 4.98 Å². The Balaban J connectivity index is 1.72. The highest BCUT2D eigenvalue weighted by Gasteiger charge is 2.36. The number of rotatable bonds is 4. The van der Waals surface area contributed by atoms with Crippen LogP contribution in [0.5, 0.6) is 5.75 Å². The Morgan fingerprint density at radius 3 is 2.85 bits per heavy atom. The van der Waals surface area contributed by atoms with Crippen molar-refractivity contribution in [1.82, 2.24) is 4.98 Å². The second kappa shape index (κ2) is 6.58. The van der Waals surface area contributed by atoms with Crippen molar-refractivity contribution >= 4 is 39.1 Å². The van der Waals surface area contributed by atoms with E-state index in [4.69, 9.17) is 9.84 Å². The summed E-state index contributed by atoms with van der Waals surface area (Å²) in [5, 5.41) is 9.42. The van der Waals surface area contributed by atoms with Gasteiger partial charge in [-0.3, -0.25) is 14.5 Å². The number of carboxylic acids is 1. The summed E-state index contributed by atoms with van der Waals surface area (Å²) in [5.41, 5.74) is 0.502. The van der Waals surface area contributed by atoms with Gasteiger partial charge in [-0.1, -0.05) is 12.1 Å². The molecule has 27 heavy (non-hydrogen) atoms. The van der Waals surface area contributed by atoms with Crippen LogP contribution in [0.15, 0.2) is 36.4 Å². The smallest absolute Gasteiger partial charge is 0.307 e. The fourth-order valence-corrected chi connectivity index (χ4v) is 3.93. The fourth-order valence-electron chi connectivity index (χ4n) is 2.93. The lowest BCUT2D eigenvalue weighted by Gasteiger charge is -2.33. The number of hydrogen-bond acceptors (Lipinski definition) is 5. The average Bonchev–Trinajstić information content (AvgIpc) is 3.01. The standard InChI is InChI=1S/C18H12F2N2O4S/c19-9-5-10(20)17-14(6-9)27-15(21-17)8-22-11-3-1-2-4-12(11)26-13(18(22)25)7-16(23)24/h1-6,13H,7-8H2,(H,23,24). The lowest BCUT2D eigenvalue weighted by molar-refractivity contribution is -0.142. The molecule has 6 nitrogen and oxygen atoms in total. The van der Waals surface area contributed by atoms with E-state index in [0.717, 1.165) is 17.4 Å². The van der Waals surface area contributed by atoms with E-state index in [1.807, 2.05) is 0 Å². The highest BCUT2D eigenvalue weighted by atomic mass is 32.1. The molecule has 0 saturated heterocycles. The number of para-hydroxylation sites is 2. The number of ether oxygens (including phenoxy) is 1. The van der Waals surface area contributed by atoms with E-state index in [1.54, 1.807) is 24.3 Å². The molecule has 2 aromatic carbocycles. The van der Waals surface area contributed by atoms with Gasteiger partial charge < -0.3 is 9.84 Å². The second-order valence-electron chi connectivity index (χ2n) is 5.94. The number of carboxylic acid groups (broad SMARTS) is 1. The number of fused-ring (bicyclic) bond motifs is 2. The lowest BCUT2D eigenvalue weighted by atomic mass is 10.1. The van der Waals surface area contributed by atoms with Crippen LogP contribution in [-0.4, -0.2) is 28.1 Å². The normalized spacial score (nSPS) is 16.3. The van der Waals surface area contributed by atoms with Gasteiger partial charge >= 0.3 is 5.97 Å². The van der Waals surface area contributed by atoms with Gasteiger partial charge in [-0.05, 0) is 18.2 Å². The number of aromatic nitrogens is 1. The summed E-state index contributed by atoms with van der Waals surface area (Å²) in [6.07, 6.45) is -1.65. The fraction of sp³-hybridized carbons (Fsp3) is 0.167. The van der Waals surface area contributed by atoms with Gasteiger partial charge in [0.05, 0.1) is 23.4 Å². The van der Waals surface area contributed by atoms with Gasteiger partial charge in [-0.15, -0.1) is 11.3 Å². The van der Waals surface area contributed by atoms with Crippen molar-refractivity contribution in [2.75, 3.05) is 4.90 Å². The molecular weight excluding hydrogens is 378 g/mol. The number of benzene rings is 2. The van der Waals surface area contributed by atoms with Gasteiger partial charge in [-0.25, -0.2) is 13.8 Å². The minimum Gasteiger partial charge on any atom is -0.481 e. The first kappa shape index (κ1) is 17.3. The molecule has 1 aromatic heterocycles. The van der Waals surface area contributed by atoms with Crippen LogP contribution < -0.4 is 9.64 Å². The zero-order chi connectivity index (χ0) is 19.1. The monoisotopic (exact) mass is 390 g/mol. The molecule has 9 heteroatoms. The molecule has 4 rings (SSSR count). The quantitative estimate of drug-likeness (QED) is 0.739. The first-order chi connectivity index (χ1) is 12.9. The van der Waals surface area contributed by atoms with Crippen LogP contribution >= 0.6 is 11.3 Å². The number of thiazole rings is 1. The van der Waals surface area contributed by atoms with Crippen LogP contribution in [0, 0.1) is 11.6 Å². The van der Waals surface area contributed by atoms with Gasteiger partial charge in [-0.2, -0.15) is 0 Å². The molecule has 0 bridgehead atoms. The molecule has 1 aliphatic heterocycles. The van der Waals surface area contributed by atoms with Gasteiger partial charge in [0.25, 0.3) is 5.91 Å². The Kier molecular flexibility index (Phi) is 4.23. The van der Waals surface area contributed by atoms with Crippen molar-refractivity contribution in [2.45, 2.75) is 19.1 Å². The Morgan fingerprint density at radius 2 is 2.07 bits per heavy atom. The van der Waals surface area contributed by atoms with Gasteiger partial charge in [0.1, 0.15) is 22.1 Å². The molecule has 1 N–H and O–H groups in total. The highest BCUT2D eigenvalue weighted by molar-refractivity contribution is 7.18. The number of carbonyl (C=O) groups excluding carboxylic acids is 1. The van der Waals surface area contributed by atoms with Crippen LogP contribution in [0.4, 0.5) is 14.5 Å². The number of halogens is 2. The maximum atomic E-state index is 13.9. The number of carbonyl (C=O) groups is 2. The summed E-state index contributed by atoms with van der Waals surface area (Å²) in [6.45, 7) is -0.00423. The number of aliphatic carboxylic acids is 1. The summed E-state index contributed by atoms with van der Waals surface area (Å²) in [4.78, 5) is 29.3. The van der Waals surface area contributed by atoms with Crippen molar-refractivity contribution in [2.24, 2.45) is 0 Å². The van der Waals surface area contributed by atoms with Crippen LogP contribution in [0.3, 0.4) is 0 Å². The van der Waals surface area contributed by atoms with Gasteiger partial charge in [0.2, 0.25) is 0 Å². The first-order valence-corrected chi connectivity index (χ1v) is 8.77. The largest absolute Gasteiger partial charge is 0.481 e. The van der Waals surface area contributed by atoms with E-state index in [0.29, 0.717) is 21.1 Å². The number of anilines is 1. The molecule has 1 aliphatic rings. The maximum Gasteiger partial charge on any atom is 0.307 e. The summed E-state index contributed by atoms with van der Waals surface area (Å²) >= 11 is 1.07. The summed E-state index contributed by atoms with van der Waals surface area (Å²) < 4.78 is 33.1. The average molecular weight is 390 g/mol. The molecule has 0 fully saturated rings. The number of amides is 1. The van der Waals surface area contributed by atoms with Crippen LogP contribution in [0.25, 0.3) is 10.2 Å². The van der Waals surface area contributed by atoms with Crippen molar-refractivity contribution in [1.29, 1.82) is 0 Å². The molecule has 0 radical (unpaired) electrons. The minimum absolute atomic E-state index is 0.00423. The Bertz CT molecular complexity index is 1070. The Labute approximate surface area is 155 Å². The number of hydrogen-bond donors (Lipinski definition) is 1. The summed E-state index contributed by atoms with van der Waals surface area (Å²) in [6, 6.07) is 8.66. The third-order valence-electron chi connectivity index (χ3n) is 4.08. The number of nitrogens with zero attached hydrogens (tertiary/aromatic N) is 2. The maximum absolute atomic E-state index is 13.9. The molecule has 0 aliphatic carbocycles. The molecule has 1 unspecified atom stereocenters. The Hall–Kier alpha value is -3.07. The zero-order valence-electron chi connectivity index (χ0n) is 13.7.